The van der Waals surface area contributed by atoms with Crippen LogP contribution >= 0.6 is 23.3 Å². The van der Waals surface area contributed by atoms with Gasteiger partial charge in [0.15, 0.2) is 0 Å². The molecule has 1 aromatic heterocycles. The van der Waals surface area contributed by atoms with Gasteiger partial charge in [0.2, 0.25) is 5.16 Å². The Kier molecular flexibility index (Phi) is 5.50. The molecule has 0 spiro atoms. The summed E-state index contributed by atoms with van der Waals surface area (Å²) >= 11 is 2.05. The fourth-order valence-electron chi connectivity index (χ4n) is 0.691. The molecule has 0 radical (unpaired) electrons. The Morgan fingerprint density at radius 3 is 3.00 bits per heavy atom. The van der Waals surface area contributed by atoms with E-state index in [0.29, 0.717) is 23.4 Å². The van der Waals surface area contributed by atoms with Crippen LogP contribution in [-0.4, -0.2) is 51.9 Å². The number of carbonyl (C=O) groups excluding carboxylic acids is 1. The van der Waals surface area contributed by atoms with Crippen LogP contribution in [0, 0.1) is 0 Å². The summed E-state index contributed by atoms with van der Waals surface area (Å²) in [5.41, 5.74) is 0. The number of rotatable bonds is 5. The first-order chi connectivity index (χ1) is 7.63. The summed E-state index contributed by atoms with van der Waals surface area (Å²) in [7, 11) is 3.33. The molecule has 0 aliphatic rings. The Morgan fingerprint density at radius 2 is 2.38 bits per heavy atom. The van der Waals surface area contributed by atoms with E-state index in [9.17, 15) is 4.79 Å². The Bertz CT molecular complexity index is 343. The van der Waals surface area contributed by atoms with Gasteiger partial charge in [0.1, 0.15) is 0 Å². The molecule has 0 aliphatic heterocycles. The average molecular weight is 263 g/mol. The van der Waals surface area contributed by atoms with Gasteiger partial charge in [-0.05, 0) is 0 Å². The molecule has 0 aliphatic carbocycles. The van der Waals surface area contributed by atoms with Crippen molar-refractivity contribution < 1.29 is 14.6 Å². The van der Waals surface area contributed by atoms with Gasteiger partial charge >= 0.3 is 0 Å². The zero-order valence-electron chi connectivity index (χ0n) is 9.04. The number of ether oxygens (including phenoxy) is 1. The normalized spacial score (nSPS) is 10.2. The van der Waals surface area contributed by atoms with E-state index in [1.54, 1.807) is 14.1 Å². The molecule has 0 unspecified atom stereocenters. The van der Waals surface area contributed by atoms with Crippen molar-refractivity contribution in [2.24, 2.45) is 0 Å². The van der Waals surface area contributed by atoms with E-state index in [1.807, 2.05) is 0 Å². The molecule has 1 heterocycles. The van der Waals surface area contributed by atoms with Crippen LogP contribution in [0.5, 0.6) is 5.19 Å². The maximum absolute atomic E-state index is 11.3. The van der Waals surface area contributed by atoms with E-state index in [-0.39, 0.29) is 11.8 Å². The monoisotopic (exact) mass is 263 g/mol. The Labute approximate surface area is 102 Å². The third kappa shape index (κ3) is 4.33. The number of aromatic nitrogens is 2. The van der Waals surface area contributed by atoms with Crippen molar-refractivity contribution in [2.75, 3.05) is 27.3 Å². The van der Waals surface area contributed by atoms with Crippen molar-refractivity contribution in [1.29, 1.82) is 0 Å². The van der Waals surface area contributed by atoms with Crippen LogP contribution in [-0.2, 0) is 0 Å². The van der Waals surface area contributed by atoms with Gasteiger partial charge in [-0.3, -0.25) is 4.79 Å². The predicted molar refractivity (Wildman–Crippen MR) is 62.0 cm³/mol. The lowest BCUT2D eigenvalue weighted by atomic mass is 10.5. The van der Waals surface area contributed by atoms with Crippen molar-refractivity contribution in [3.63, 3.8) is 0 Å². The molecular weight excluding hydrogens is 250 g/mol. The van der Waals surface area contributed by atoms with Crippen LogP contribution in [0.25, 0.3) is 0 Å². The molecule has 0 saturated heterocycles. The number of hydrogen-bond donors (Lipinski definition) is 1. The quantitative estimate of drug-likeness (QED) is 0.632. The van der Waals surface area contributed by atoms with Crippen LogP contribution in [0.4, 0.5) is 4.79 Å². The van der Waals surface area contributed by atoms with E-state index in [1.165, 1.54) is 4.90 Å². The lowest BCUT2D eigenvalue weighted by Crippen LogP contribution is -2.16. The highest BCUT2D eigenvalue weighted by molar-refractivity contribution is 8.13. The van der Waals surface area contributed by atoms with Crippen molar-refractivity contribution in [2.45, 2.75) is 11.6 Å². The molecule has 0 aromatic carbocycles. The van der Waals surface area contributed by atoms with Crippen LogP contribution in [0.3, 0.4) is 0 Å². The minimum atomic E-state index is -0.125. The number of thioether (sulfide) groups is 1. The first-order valence-corrected chi connectivity index (χ1v) is 6.19. The van der Waals surface area contributed by atoms with Gasteiger partial charge in [-0.1, -0.05) is 0 Å². The summed E-state index contributed by atoms with van der Waals surface area (Å²) in [6.45, 7) is 0.483. The Morgan fingerprint density at radius 1 is 1.62 bits per heavy atom. The number of nitrogens with zero attached hydrogens (tertiary/aromatic N) is 3. The Balaban J connectivity index is 2.42. The van der Waals surface area contributed by atoms with Gasteiger partial charge in [-0.15, -0.1) is 0 Å². The second-order valence-electron chi connectivity index (χ2n) is 3.03. The van der Waals surface area contributed by atoms with Crippen LogP contribution in [0.1, 0.15) is 6.42 Å². The molecule has 0 bridgehead atoms. The summed E-state index contributed by atoms with van der Waals surface area (Å²) < 4.78 is 9.19. The molecule has 8 heteroatoms. The molecule has 6 nitrogen and oxygen atoms in total. The van der Waals surface area contributed by atoms with Crippen molar-refractivity contribution in [1.82, 2.24) is 14.3 Å². The van der Waals surface area contributed by atoms with Crippen LogP contribution in [0.2, 0.25) is 0 Å². The van der Waals surface area contributed by atoms with E-state index in [4.69, 9.17) is 9.84 Å². The van der Waals surface area contributed by atoms with E-state index in [2.05, 4.69) is 9.36 Å². The first kappa shape index (κ1) is 13.2. The molecule has 16 heavy (non-hydrogen) atoms. The highest BCUT2D eigenvalue weighted by atomic mass is 32.2. The first-order valence-electron chi connectivity index (χ1n) is 4.60. The molecule has 1 rings (SSSR count). The minimum absolute atomic E-state index is 0.0829. The van der Waals surface area contributed by atoms with Crippen LogP contribution < -0.4 is 4.74 Å². The van der Waals surface area contributed by atoms with Crippen molar-refractivity contribution in [3.05, 3.63) is 0 Å². The molecule has 0 atom stereocenters. The molecule has 0 fully saturated rings. The maximum Gasteiger partial charge on any atom is 0.293 e. The van der Waals surface area contributed by atoms with Gasteiger partial charge in [-0.2, -0.15) is 9.36 Å². The molecule has 1 aromatic rings. The average Bonchev–Trinajstić information content (AvgIpc) is 2.66. The summed E-state index contributed by atoms with van der Waals surface area (Å²) in [5.74, 6) is 0. The number of carbonyl (C=O) groups is 1. The third-order valence-electron chi connectivity index (χ3n) is 1.46. The van der Waals surface area contributed by atoms with Gasteiger partial charge in [-0.25, -0.2) is 0 Å². The largest absolute Gasteiger partial charge is 0.469 e. The van der Waals surface area contributed by atoms with Crippen molar-refractivity contribution in [3.8, 4) is 5.19 Å². The molecule has 90 valence electrons. The second-order valence-corrected chi connectivity index (χ2v) is 4.66. The smallest absolute Gasteiger partial charge is 0.293 e. The highest BCUT2D eigenvalue weighted by Gasteiger charge is 2.12. The Hall–Kier alpha value is -0.860. The minimum Gasteiger partial charge on any atom is -0.469 e. The van der Waals surface area contributed by atoms with Gasteiger partial charge < -0.3 is 14.7 Å². The molecular formula is C8H13N3O3S2. The number of amides is 1. The van der Waals surface area contributed by atoms with E-state index < -0.39 is 0 Å². The number of hydrogen-bond acceptors (Lipinski definition) is 7. The van der Waals surface area contributed by atoms with E-state index in [0.717, 1.165) is 23.3 Å². The third-order valence-corrected chi connectivity index (χ3v) is 3.11. The molecule has 1 N–H and O–H groups in total. The predicted octanol–water partition coefficient (Wildman–Crippen LogP) is 1.07. The summed E-state index contributed by atoms with van der Waals surface area (Å²) in [6, 6.07) is 0. The summed E-state index contributed by atoms with van der Waals surface area (Å²) in [6.07, 6.45) is 0.554. The topological polar surface area (TPSA) is 75.6 Å². The zero-order valence-corrected chi connectivity index (χ0v) is 10.7. The number of aliphatic hydroxyl groups excluding tert-OH is 1. The second kappa shape index (κ2) is 6.66. The maximum atomic E-state index is 11.3. The lowest BCUT2D eigenvalue weighted by Gasteiger charge is -2.06. The summed E-state index contributed by atoms with van der Waals surface area (Å²) in [4.78, 5) is 16.8. The zero-order chi connectivity index (χ0) is 12.0. The van der Waals surface area contributed by atoms with Crippen molar-refractivity contribution >= 4 is 28.5 Å². The van der Waals surface area contributed by atoms with Gasteiger partial charge in [0.05, 0.1) is 6.61 Å². The fraction of sp³-hybridized carbons (Fsp3) is 0.625. The molecule has 1 amide bonds. The highest BCUT2D eigenvalue weighted by Crippen LogP contribution is 2.23. The lowest BCUT2D eigenvalue weighted by molar-refractivity contribution is 0.232. The SMILES string of the molecule is CN(C)C(=O)Sc1nsc(OCCCO)n1. The van der Waals surface area contributed by atoms with Crippen LogP contribution in [0.15, 0.2) is 5.16 Å². The van der Waals surface area contributed by atoms with Gasteiger partial charge in [0, 0.05) is 50.4 Å². The fourth-order valence-corrected chi connectivity index (χ4v) is 1.94. The summed E-state index contributed by atoms with van der Waals surface area (Å²) in [5, 5.41) is 9.25. The van der Waals surface area contributed by atoms with E-state index >= 15 is 0 Å². The standard InChI is InChI=1S/C8H13N3O3S2/c1-11(2)8(13)15-6-9-7(16-10-6)14-5-3-4-12/h12H,3-5H2,1-2H3. The number of aliphatic hydroxyl groups is 1. The van der Waals surface area contributed by atoms with Gasteiger partial charge in [0.25, 0.3) is 10.4 Å². The molecule has 0 saturated carbocycles.